The second-order valence-corrected chi connectivity index (χ2v) is 28.0. The number of nitrogens with zero attached hydrogens (tertiary/aromatic N) is 8. The number of aromatic amines is 2. The highest BCUT2D eigenvalue weighted by Gasteiger charge is 2.47. The van der Waals surface area contributed by atoms with Crippen LogP contribution in [0.4, 0.5) is 0 Å². The Morgan fingerprint density at radius 2 is 0.896 bits per heavy atom. The van der Waals surface area contributed by atoms with Gasteiger partial charge in [0.2, 0.25) is 47.3 Å². The third-order valence-electron chi connectivity index (χ3n) is 19.9. The predicted octanol–water partition coefficient (Wildman–Crippen LogP) is 2.16. The average molecular weight is 1460 g/mol. The predicted molar refractivity (Wildman–Crippen MR) is 385 cm³/mol. The number of hydrogen-bond acceptors (Lipinski definition) is 18. The van der Waals surface area contributed by atoms with Crippen molar-refractivity contribution in [1.82, 2.24) is 92.3 Å². The second-order valence-electron chi connectivity index (χ2n) is 28.0. The Kier molecular flexibility index (Phi) is 23.9. The van der Waals surface area contributed by atoms with Crippen LogP contribution in [0.1, 0.15) is 100 Å². The van der Waals surface area contributed by atoms with Gasteiger partial charge < -0.3 is 82.0 Å². The van der Waals surface area contributed by atoms with E-state index in [1.165, 1.54) is 19.2 Å². The highest BCUT2D eigenvalue weighted by molar-refractivity contribution is 5.98. The van der Waals surface area contributed by atoms with Crippen LogP contribution in [0.5, 0.6) is 11.5 Å². The largest absolute Gasteiger partial charge is 0.487 e. The number of nitrogens with one attached hydrogen (secondary N) is 10. The number of likely N-dealkylation sites (tertiary alicyclic amines) is 2. The maximum atomic E-state index is 15.2. The normalized spacial score (nSPS) is 21.9. The molecule has 12 N–H and O–H groups in total. The molecule has 106 heavy (non-hydrogen) atoms. The molecule has 6 aliphatic heterocycles. The molecule has 6 aliphatic rings. The Morgan fingerprint density at radius 3 is 1.25 bits per heavy atom. The van der Waals surface area contributed by atoms with Crippen LogP contribution in [-0.4, -0.2) is 207 Å². The molecule has 8 amide bonds. The molecule has 4 aromatic carbocycles. The zero-order valence-corrected chi connectivity index (χ0v) is 60.1. The van der Waals surface area contributed by atoms with Gasteiger partial charge in [-0.25, -0.2) is 19.0 Å². The van der Waals surface area contributed by atoms with Crippen LogP contribution >= 0.6 is 0 Å². The van der Waals surface area contributed by atoms with Gasteiger partial charge in [0.1, 0.15) is 84.4 Å². The van der Waals surface area contributed by atoms with Crippen molar-refractivity contribution in [3.05, 3.63) is 155 Å². The van der Waals surface area contributed by atoms with E-state index in [0.717, 1.165) is 21.8 Å². The van der Waals surface area contributed by atoms with Crippen molar-refractivity contribution < 1.29 is 67.6 Å². The van der Waals surface area contributed by atoms with Crippen LogP contribution in [0, 0.1) is 11.8 Å². The molecule has 10 heterocycles. The van der Waals surface area contributed by atoms with E-state index in [1.54, 1.807) is 129 Å². The smallest absolute Gasteiger partial charge is 0.326 e. The van der Waals surface area contributed by atoms with Gasteiger partial charge in [0, 0.05) is 85.8 Å². The molecule has 2 fully saturated rings. The number of likely N-dealkylation sites (N-methyl/N-ethyl adjacent to an activating group) is 2. The molecule has 32 heteroatoms. The van der Waals surface area contributed by atoms with Gasteiger partial charge in [-0.2, -0.15) is 0 Å². The highest BCUT2D eigenvalue weighted by Crippen LogP contribution is 2.33. The van der Waals surface area contributed by atoms with Gasteiger partial charge >= 0.3 is 11.9 Å². The number of amides is 8. The van der Waals surface area contributed by atoms with Crippen LogP contribution in [-0.2, 0) is 86.8 Å². The fraction of sp³-hybridized carbons (Fsp3) is 0.432. The fourth-order valence-electron chi connectivity index (χ4n) is 13.5. The lowest BCUT2D eigenvalue weighted by Gasteiger charge is -2.31. The second kappa shape index (κ2) is 33.5. The van der Waals surface area contributed by atoms with Crippen molar-refractivity contribution in [2.24, 2.45) is 11.8 Å². The molecule has 32 nitrogen and oxygen atoms in total. The minimum Gasteiger partial charge on any atom is -0.487 e. The van der Waals surface area contributed by atoms with Crippen molar-refractivity contribution in [2.75, 3.05) is 27.2 Å². The topological polar surface area (TPSA) is 425 Å². The van der Waals surface area contributed by atoms with Crippen LogP contribution < -0.4 is 52.0 Å². The number of carboxylic acid groups (broad SMARTS) is 2. The lowest BCUT2D eigenvalue weighted by Crippen LogP contribution is -2.59. The van der Waals surface area contributed by atoms with Crippen molar-refractivity contribution in [1.29, 1.82) is 0 Å². The van der Waals surface area contributed by atoms with Crippen LogP contribution in [0.25, 0.3) is 21.8 Å². The number of ether oxygens (including phenoxy) is 2. The highest BCUT2D eigenvalue weighted by atomic mass is 16.5. The number of aromatic nitrogens is 8. The quantitative estimate of drug-likeness (QED) is 0.0659. The summed E-state index contributed by atoms with van der Waals surface area (Å²) < 4.78 is 15.3. The van der Waals surface area contributed by atoms with E-state index in [4.69, 9.17) is 9.47 Å². The number of carbonyl (C=O) groups is 10. The van der Waals surface area contributed by atoms with Crippen LogP contribution in [0.15, 0.2) is 122 Å². The Balaban J connectivity index is 0.911. The average Bonchev–Trinajstić information content (AvgIpc) is 1.64. The molecule has 0 unspecified atom stereocenters. The Hall–Kier alpha value is -11.5. The summed E-state index contributed by atoms with van der Waals surface area (Å²) in [6, 6.07) is 14.4. The monoisotopic (exact) mass is 1450 g/mol. The fourth-order valence-corrected chi connectivity index (χ4v) is 13.5. The molecule has 12 bridgehead atoms. The number of H-pyrrole nitrogens is 2. The third-order valence-corrected chi connectivity index (χ3v) is 19.9. The molecule has 560 valence electrons. The molecule has 0 spiro atoms. The van der Waals surface area contributed by atoms with Gasteiger partial charge in [0.05, 0.1) is 36.6 Å². The third kappa shape index (κ3) is 17.8. The molecular formula is C74H90N18O14. The summed E-state index contributed by atoms with van der Waals surface area (Å²) in [5, 5.41) is 63.1. The number of rotatable bonds is 16. The molecule has 14 rings (SSSR count). The maximum absolute atomic E-state index is 15.2. The number of carbonyl (C=O) groups excluding carboxylic acids is 8. The molecule has 2 saturated heterocycles. The molecule has 12 atom stereocenters. The van der Waals surface area contributed by atoms with Crippen LogP contribution in [0.2, 0.25) is 0 Å². The summed E-state index contributed by atoms with van der Waals surface area (Å²) in [4.78, 5) is 152. The summed E-state index contributed by atoms with van der Waals surface area (Å²) in [6.45, 7) is 9.90. The van der Waals surface area contributed by atoms with Gasteiger partial charge in [-0.1, -0.05) is 98.8 Å². The van der Waals surface area contributed by atoms with E-state index >= 15 is 9.59 Å². The minimum absolute atomic E-state index is 0.0361. The number of aliphatic carboxylic acids is 2. The van der Waals surface area contributed by atoms with Crippen molar-refractivity contribution >= 4 is 81.0 Å². The van der Waals surface area contributed by atoms with E-state index in [0.29, 0.717) is 45.1 Å². The molecule has 0 radical (unpaired) electrons. The molecule has 0 saturated carbocycles. The van der Waals surface area contributed by atoms with E-state index in [-0.39, 0.29) is 64.8 Å². The summed E-state index contributed by atoms with van der Waals surface area (Å²) in [5.41, 5.74) is 4.43. The zero-order chi connectivity index (χ0) is 75.6. The molecule has 4 aromatic heterocycles. The summed E-state index contributed by atoms with van der Waals surface area (Å²) >= 11 is 0. The first kappa shape index (κ1) is 75.6. The minimum atomic E-state index is -1.51. The number of fused-ring (bicyclic) bond motifs is 2. The van der Waals surface area contributed by atoms with E-state index < -0.39 is 144 Å². The van der Waals surface area contributed by atoms with Crippen LogP contribution in [0.3, 0.4) is 0 Å². The summed E-state index contributed by atoms with van der Waals surface area (Å²) in [6.07, 6.45) is 5.91. The van der Waals surface area contributed by atoms with Gasteiger partial charge in [-0.05, 0) is 98.4 Å². The lowest BCUT2D eigenvalue weighted by atomic mass is 10.0. The van der Waals surface area contributed by atoms with Crippen molar-refractivity contribution in [3.8, 4) is 11.5 Å². The molecule has 8 aromatic rings. The van der Waals surface area contributed by atoms with Crippen molar-refractivity contribution in [3.63, 3.8) is 0 Å². The first-order valence-corrected chi connectivity index (χ1v) is 35.4. The van der Waals surface area contributed by atoms with Gasteiger partial charge in [-0.3, -0.25) is 38.4 Å². The van der Waals surface area contributed by atoms with Gasteiger partial charge in [0.15, 0.2) is 0 Å². The first-order chi connectivity index (χ1) is 50.8. The van der Waals surface area contributed by atoms with E-state index in [9.17, 15) is 48.6 Å². The number of hydrogen-bond donors (Lipinski definition) is 12. The lowest BCUT2D eigenvalue weighted by molar-refractivity contribution is -0.144. The Morgan fingerprint density at radius 1 is 0.519 bits per heavy atom. The summed E-state index contributed by atoms with van der Waals surface area (Å²) in [5.74, 6) is -8.13. The van der Waals surface area contributed by atoms with Gasteiger partial charge in [0.25, 0.3) is 0 Å². The summed E-state index contributed by atoms with van der Waals surface area (Å²) in [7, 11) is 3.21. The Labute approximate surface area is 610 Å². The van der Waals surface area contributed by atoms with E-state index in [2.05, 4.69) is 73.1 Å². The zero-order valence-electron chi connectivity index (χ0n) is 60.1. The maximum Gasteiger partial charge on any atom is 0.326 e. The Bertz CT molecular complexity index is 4230. The molecule has 0 aliphatic carbocycles. The molecular weight excluding hydrogens is 1360 g/mol. The number of benzene rings is 4. The van der Waals surface area contributed by atoms with Gasteiger partial charge in [-0.15, -0.1) is 10.2 Å². The first-order valence-electron chi connectivity index (χ1n) is 35.4. The standard InChI is InChI=1S/C74H90N18O14/c1-39(2)63(83-65(93)41(5)75-7)71(99)89-35-49-29-61(89)69(97)79-57(27-45-31-77-55-15-11-9-13-53(45)55)67(95)81-59(73(101)102)25-43-19-23-52(24-20-43)106-38-48-34-92(88-86-48)50-30-62(90(36-50)72(100)64(40(3)4)84-66(94)42(6)76-8)70(98)80-58(28-46-32-78-56-16-12-10-14-54(46)56)68(96)82-60(74(103)104)26-44-17-21-51(22-18-44)105-37-47-33-91(49)87-85-47/h9-24,31-34,39-42,49-50,57-64,75-78H,25-30,35-38H2,1-8H3,(H,79,97)(H,80,98)(H,81,95)(H,82,96)(H,83,93)(H,84,94)(H,101,102)(H,103,104)/t41-,42-,49-,50-,57-,58-,59-,60-,61-,62-,63-,64-/m0/s1. The number of para-hydroxylation sites is 2. The SMILES string of the molecule is CN[C@@H](C)C(=O)N[C@H](C(=O)N1C[C@@H]2C[C@H]1C(=O)N[C@@H](Cc1c[nH]c3ccccc13)C(=O)N[C@H](C(=O)O)Cc1ccc(cc1)OCc1cn(nn1)[C@H]1C[C@@H](C(=O)N[C@@H](Cc3c[nH]c4ccccc34)C(=O)N[C@H](C(=O)O)Cc3ccc(cc3)OCc3cn2nn3)N(C(=O)[C@@H](NC(=O)[C@H](C)NC)C(C)C)C1)C(C)C. The van der Waals surface area contributed by atoms with Crippen molar-refractivity contribution in [2.45, 2.75) is 166 Å². The number of carboxylic acids is 2. The van der Waals surface area contributed by atoms with E-state index in [1.807, 2.05) is 48.5 Å².